The monoisotopic (exact) mass is 235 g/mol. The summed E-state index contributed by atoms with van der Waals surface area (Å²) in [6.45, 7) is 5.85. The minimum atomic E-state index is -0.288. The van der Waals surface area contributed by atoms with Crippen LogP contribution in [0.1, 0.15) is 30.5 Å². The Kier molecular flexibility index (Phi) is 4.85. The second-order valence-corrected chi connectivity index (χ2v) is 5.38. The zero-order chi connectivity index (χ0) is 12.1. The maximum Gasteiger partial charge on any atom is 0.0991 e. The predicted octanol–water partition coefficient (Wildman–Crippen LogP) is 2.87. The lowest BCUT2D eigenvalue weighted by atomic mass is 10.1. The molecule has 0 radical (unpaired) electrons. The van der Waals surface area contributed by atoms with Gasteiger partial charge in [-0.25, -0.2) is 0 Å². The molecule has 0 saturated carbocycles. The molecular formula is C13H17NOS. The van der Waals surface area contributed by atoms with Gasteiger partial charge in [-0.05, 0) is 37.1 Å². The Balaban J connectivity index is 2.65. The van der Waals surface area contributed by atoms with Crippen LogP contribution in [-0.2, 0) is 5.75 Å². The SMILES string of the molecule is Cc1cc(C#N)ccc1CSC(C)C(C)O. The first-order valence-electron chi connectivity index (χ1n) is 5.34. The van der Waals surface area contributed by atoms with Gasteiger partial charge in [0.25, 0.3) is 0 Å². The van der Waals surface area contributed by atoms with E-state index in [1.807, 2.05) is 39.0 Å². The highest BCUT2D eigenvalue weighted by atomic mass is 32.2. The van der Waals surface area contributed by atoms with Crippen LogP contribution in [0, 0.1) is 18.3 Å². The van der Waals surface area contributed by atoms with Gasteiger partial charge in [-0.15, -0.1) is 0 Å². The second-order valence-electron chi connectivity index (χ2n) is 4.01. The summed E-state index contributed by atoms with van der Waals surface area (Å²) in [6, 6.07) is 7.88. The Hall–Kier alpha value is -0.980. The summed E-state index contributed by atoms with van der Waals surface area (Å²) in [7, 11) is 0. The van der Waals surface area contributed by atoms with Crippen molar-refractivity contribution in [3.63, 3.8) is 0 Å². The Bertz CT molecular complexity index is 395. The van der Waals surface area contributed by atoms with Crippen LogP contribution in [0.25, 0.3) is 0 Å². The Morgan fingerprint density at radius 1 is 1.44 bits per heavy atom. The summed E-state index contributed by atoms with van der Waals surface area (Å²) in [5, 5.41) is 18.4. The van der Waals surface area contributed by atoms with E-state index in [2.05, 4.69) is 6.07 Å². The average molecular weight is 235 g/mol. The van der Waals surface area contributed by atoms with E-state index in [1.165, 1.54) is 5.56 Å². The van der Waals surface area contributed by atoms with Crippen LogP contribution in [0.5, 0.6) is 0 Å². The number of hydrogen-bond acceptors (Lipinski definition) is 3. The fourth-order valence-electron chi connectivity index (χ4n) is 1.29. The number of thioether (sulfide) groups is 1. The number of nitrogens with zero attached hydrogens (tertiary/aromatic N) is 1. The van der Waals surface area contributed by atoms with Crippen molar-refractivity contribution in [1.29, 1.82) is 5.26 Å². The molecule has 1 aromatic rings. The van der Waals surface area contributed by atoms with Gasteiger partial charge in [0.1, 0.15) is 0 Å². The third-order valence-corrected chi connectivity index (χ3v) is 4.05. The predicted molar refractivity (Wildman–Crippen MR) is 68.3 cm³/mol. The molecule has 2 atom stereocenters. The molecule has 0 saturated heterocycles. The number of aliphatic hydroxyl groups excluding tert-OH is 1. The Morgan fingerprint density at radius 2 is 2.12 bits per heavy atom. The zero-order valence-corrected chi connectivity index (χ0v) is 10.7. The van der Waals surface area contributed by atoms with Crippen LogP contribution in [0.4, 0.5) is 0 Å². The number of hydrogen-bond donors (Lipinski definition) is 1. The first kappa shape index (κ1) is 13.1. The van der Waals surface area contributed by atoms with Crippen molar-refractivity contribution in [1.82, 2.24) is 0 Å². The van der Waals surface area contributed by atoms with Gasteiger partial charge in [0.2, 0.25) is 0 Å². The van der Waals surface area contributed by atoms with E-state index in [-0.39, 0.29) is 11.4 Å². The molecule has 0 spiro atoms. The fraction of sp³-hybridized carbons (Fsp3) is 0.462. The third-order valence-electron chi connectivity index (χ3n) is 2.65. The molecular weight excluding hydrogens is 218 g/mol. The Labute approximate surface area is 101 Å². The minimum absolute atomic E-state index is 0.232. The number of rotatable bonds is 4. The van der Waals surface area contributed by atoms with Crippen LogP contribution in [0.3, 0.4) is 0 Å². The van der Waals surface area contributed by atoms with E-state index in [0.717, 1.165) is 11.3 Å². The second kappa shape index (κ2) is 5.93. The summed E-state index contributed by atoms with van der Waals surface area (Å²) in [5.41, 5.74) is 3.08. The third kappa shape index (κ3) is 3.55. The maximum absolute atomic E-state index is 9.39. The summed E-state index contributed by atoms with van der Waals surface area (Å²) < 4.78 is 0. The van der Waals surface area contributed by atoms with Crippen molar-refractivity contribution >= 4 is 11.8 Å². The van der Waals surface area contributed by atoms with Crippen LogP contribution in [-0.4, -0.2) is 16.5 Å². The molecule has 2 unspecified atom stereocenters. The van der Waals surface area contributed by atoms with Gasteiger partial charge in [0.15, 0.2) is 0 Å². The van der Waals surface area contributed by atoms with Crippen molar-refractivity contribution in [3.05, 3.63) is 34.9 Å². The van der Waals surface area contributed by atoms with Crippen LogP contribution in [0.2, 0.25) is 0 Å². The van der Waals surface area contributed by atoms with Crippen LogP contribution in [0.15, 0.2) is 18.2 Å². The van der Waals surface area contributed by atoms with Gasteiger partial charge in [-0.2, -0.15) is 17.0 Å². The van der Waals surface area contributed by atoms with Gasteiger partial charge in [0.05, 0.1) is 17.7 Å². The van der Waals surface area contributed by atoms with Crippen molar-refractivity contribution in [2.24, 2.45) is 0 Å². The van der Waals surface area contributed by atoms with E-state index in [1.54, 1.807) is 11.8 Å². The molecule has 3 heteroatoms. The molecule has 1 rings (SSSR count). The molecule has 1 aromatic carbocycles. The van der Waals surface area contributed by atoms with Crippen molar-refractivity contribution in [2.45, 2.75) is 37.9 Å². The van der Waals surface area contributed by atoms with Crippen LogP contribution >= 0.6 is 11.8 Å². The fourth-order valence-corrected chi connectivity index (χ4v) is 2.33. The lowest BCUT2D eigenvalue weighted by Gasteiger charge is -2.14. The van der Waals surface area contributed by atoms with E-state index in [4.69, 9.17) is 5.26 Å². The van der Waals surface area contributed by atoms with Gasteiger partial charge < -0.3 is 5.11 Å². The first-order valence-corrected chi connectivity index (χ1v) is 6.38. The molecule has 1 N–H and O–H groups in total. The lowest BCUT2D eigenvalue weighted by Crippen LogP contribution is -2.15. The van der Waals surface area contributed by atoms with E-state index in [0.29, 0.717) is 5.56 Å². The van der Waals surface area contributed by atoms with Gasteiger partial charge >= 0.3 is 0 Å². The minimum Gasteiger partial charge on any atom is -0.392 e. The smallest absolute Gasteiger partial charge is 0.0991 e. The molecule has 86 valence electrons. The van der Waals surface area contributed by atoms with E-state index in [9.17, 15) is 5.11 Å². The summed E-state index contributed by atoms with van der Waals surface area (Å²) >= 11 is 1.73. The van der Waals surface area contributed by atoms with Crippen molar-refractivity contribution in [3.8, 4) is 6.07 Å². The largest absolute Gasteiger partial charge is 0.392 e. The molecule has 0 bridgehead atoms. The van der Waals surface area contributed by atoms with Gasteiger partial charge in [-0.3, -0.25) is 0 Å². The normalized spacial score (nSPS) is 14.2. The zero-order valence-electron chi connectivity index (χ0n) is 9.90. The Morgan fingerprint density at radius 3 is 2.62 bits per heavy atom. The number of aliphatic hydroxyl groups is 1. The standard InChI is InChI=1S/C13H17NOS/c1-9-6-12(7-14)4-5-13(9)8-16-11(3)10(2)15/h4-6,10-11,15H,8H2,1-3H3. The quantitative estimate of drug-likeness (QED) is 0.872. The summed E-state index contributed by atoms with van der Waals surface area (Å²) in [4.78, 5) is 0. The molecule has 16 heavy (non-hydrogen) atoms. The van der Waals surface area contributed by atoms with Crippen LogP contribution < -0.4 is 0 Å². The molecule has 0 amide bonds. The van der Waals surface area contributed by atoms with Gasteiger partial charge in [0, 0.05) is 11.0 Å². The number of nitriles is 1. The molecule has 0 aliphatic rings. The highest BCUT2D eigenvalue weighted by Gasteiger charge is 2.10. The maximum atomic E-state index is 9.39. The molecule has 0 aromatic heterocycles. The number of aryl methyl sites for hydroxylation is 1. The summed E-state index contributed by atoms with van der Waals surface area (Å²) in [5.74, 6) is 0.879. The molecule has 2 nitrogen and oxygen atoms in total. The average Bonchev–Trinajstić information content (AvgIpc) is 2.26. The van der Waals surface area contributed by atoms with E-state index < -0.39 is 0 Å². The topological polar surface area (TPSA) is 44.0 Å². The highest BCUT2D eigenvalue weighted by molar-refractivity contribution is 7.99. The molecule has 0 aliphatic heterocycles. The molecule has 0 aliphatic carbocycles. The number of benzene rings is 1. The molecule has 0 heterocycles. The van der Waals surface area contributed by atoms with E-state index >= 15 is 0 Å². The van der Waals surface area contributed by atoms with Crippen molar-refractivity contribution < 1.29 is 5.11 Å². The van der Waals surface area contributed by atoms with Gasteiger partial charge in [-0.1, -0.05) is 13.0 Å². The lowest BCUT2D eigenvalue weighted by molar-refractivity contribution is 0.196. The first-order chi connectivity index (χ1) is 7.54. The summed E-state index contributed by atoms with van der Waals surface area (Å²) in [6.07, 6.45) is -0.288. The highest BCUT2D eigenvalue weighted by Crippen LogP contribution is 2.22. The molecule has 0 fully saturated rings. The van der Waals surface area contributed by atoms with Crippen molar-refractivity contribution in [2.75, 3.05) is 0 Å².